The van der Waals surface area contributed by atoms with Crippen LogP contribution in [0.25, 0.3) is 0 Å². The molecule has 0 N–H and O–H groups in total. The molecule has 1 unspecified atom stereocenters. The Hall–Kier alpha value is -0.790. The maximum absolute atomic E-state index is 9.18. The maximum Gasteiger partial charge on any atom is 0.293 e. The predicted octanol–water partition coefficient (Wildman–Crippen LogP) is 5.91. The fraction of sp³-hybridized carbons (Fsp3) is 0.739. The van der Waals surface area contributed by atoms with Crippen LogP contribution in [0, 0.1) is 0 Å². The van der Waals surface area contributed by atoms with Crippen molar-refractivity contribution < 1.29 is 14.3 Å². The summed E-state index contributed by atoms with van der Waals surface area (Å²) in [5, 5.41) is 0. The third kappa shape index (κ3) is 9.15. The highest BCUT2D eigenvalue weighted by Crippen LogP contribution is 2.46. The molecule has 1 fully saturated rings. The van der Waals surface area contributed by atoms with Crippen molar-refractivity contribution >= 4 is 34.2 Å². The number of hydrogen-bond donors (Lipinski definition) is 0. The van der Waals surface area contributed by atoms with Crippen LogP contribution >= 0.6 is 27.7 Å². The highest BCUT2D eigenvalue weighted by atomic mass is 79.9. The molecule has 2 aliphatic heterocycles. The van der Waals surface area contributed by atoms with Crippen molar-refractivity contribution in [1.29, 1.82) is 0 Å². The van der Waals surface area contributed by atoms with E-state index in [9.17, 15) is 4.79 Å². The number of rotatable bonds is 3. The molecule has 0 radical (unpaired) electrons. The van der Waals surface area contributed by atoms with Gasteiger partial charge in [-0.1, -0.05) is 27.7 Å². The Balaban J connectivity index is 0.000000342. The van der Waals surface area contributed by atoms with E-state index in [2.05, 4.69) is 77.6 Å². The lowest BCUT2D eigenvalue weighted by Gasteiger charge is -2.46. The van der Waals surface area contributed by atoms with Crippen LogP contribution in [0.15, 0.2) is 16.9 Å². The molecule has 2 aliphatic rings. The van der Waals surface area contributed by atoms with Crippen molar-refractivity contribution in [2.24, 2.45) is 0 Å². The van der Waals surface area contributed by atoms with Gasteiger partial charge in [0.05, 0.1) is 12.8 Å². The van der Waals surface area contributed by atoms with Crippen LogP contribution < -0.4 is 4.74 Å². The quantitative estimate of drug-likeness (QED) is 0.378. The van der Waals surface area contributed by atoms with Gasteiger partial charge in [-0.15, -0.1) is 0 Å². The van der Waals surface area contributed by atoms with Crippen molar-refractivity contribution in [2.45, 2.75) is 76.6 Å². The van der Waals surface area contributed by atoms with E-state index < -0.39 is 0 Å². The summed E-state index contributed by atoms with van der Waals surface area (Å²) in [5.74, 6) is 1.61. The van der Waals surface area contributed by atoms with Crippen LogP contribution in [0.3, 0.4) is 0 Å². The first-order valence-corrected chi connectivity index (χ1v) is 12.7. The Morgan fingerprint density at radius 2 is 1.97 bits per heavy atom. The molecular weight excluding hydrogens is 464 g/mol. The van der Waals surface area contributed by atoms with E-state index in [0.717, 1.165) is 42.7 Å². The summed E-state index contributed by atoms with van der Waals surface area (Å²) in [5.41, 5.74) is 1.38. The van der Waals surface area contributed by atoms with Crippen LogP contribution in [-0.2, 0) is 9.53 Å². The lowest BCUT2D eigenvalue weighted by Crippen LogP contribution is -2.49. The molecule has 1 aromatic heterocycles. The number of ether oxygens (including phenoxy) is 2. The van der Waals surface area contributed by atoms with E-state index in [1.165, 1.54) is 12.0 Å². The predicted molar refractivity (Wildman–Crippen MR) is 131 cm³/mol. The molecule has 30 heavy (non-hydrogen) atoms. The second kappa shape index (κ2) is 12.9. The van der Waals surface area contributed by atoms with Gasteiger partial charge in [-0.25, -0.2) is 4.98 Å². The number of halogens is 1. The highest BCUT2D eigenvalue weighted by molar-refractivity contribution is 9.10. The van der Waals surface area contributed by atoms with Crippen LogP contribution in [0.4, 0.5) is 0 Å². The van der Waals surface area contributed by atoms with E-state index in [1.807, 2.05) is 18.0 Å². The SMILES string of the molecule is CCC1CC2(CCN(C)CC2)Oc2cnc(Br)cc21.CCOC=O.CSC(C)(C)C. The topological polar surface area (TPSA) is 51.7 Å². The van der Waals surface area contributed by atoms with Gasteiger partial charge < -0.3 is 14.4 Å². The summed E-state index contributed by atoms with van der Waals surface area (Å²) in [6, 6.07) is 2.13. The zero-order valence-electron chi connectivity index (χ0n) is 19.7. The Kier molecular flexibility index (Phi) is 11.7. The minimum atomic E-state index is 0.0513. The van der Waals surface area contributed by atoms with E-state index >= 15 is 0 Å². The van der Waals surface area contributed by atoms with Crippen LogP contribution in [-0.4, -0.2) is 59.7 Å². The van der Waals surface area contributed by atoms with Crippen molar-refractivity contribution in [3.8, 4) is 5.75 Å². The average molecular weight is 504 g/mol. The summed E-state index contributed by atoms with van der Waals surface area (Å²) in [6.07, 6.45) is 8.61. The van der Waals surface area contributed by atoms with E-state index in [-0.39, 0.29) is 5.60 Å². The summed E-state index contributed by atoms with van der Waals surface area (Å²) in [4.78, 5) is 15.9. The van der Waals surface area contributed by atoms with Gasteiger partial charge in [0.15, 0.2) is 0 Å². The molecule has 1 aromatic rings. The molecule has 0 bridgehead atoms. The first-order chi connectivity index (χ1) is 14.1. The Bertz CT molecular complexity index is 644. The van der Waals surface area contributed by atoms with Crippen LogP contribution in [0.1, 0.15) is 71.8 Å². The van der Waals surface area contributed by atoms with Gasteiger partial charge in [0.2, 0.25) is 0 Å². The third-order valence-electron chi connectivity index (χ3n) is 5.49. The van der Waals surface area contributed by atoms with Gasteiger partial charge >= 0.3 is 0 Å². The molecule has 1 saturated heterocycles. The smallest absolute Gasteiger partial charge is 0.293 e. The number of thioether (sulfide) groups is 1. The molecule has 172 valence electrons. The number of piperidine rings is 1. The molecule has 1 spiro atoms. The van der Waals surface area contributed by atoms with Crippen molar-refractivity contribution in [3.05, 3.63) is 22.4 Å². The second-order valence-electron chi connectivity index (χ2n) is 8.81. The summed E-state index contributed by atoms with van der Waals surface area (Å²) < 4.78 is 11.9. The normalized spacial score (nSPS) is 19.9. The molecular formula is C23H39BrN2O3S. The number of pyridine rings is 1. The number of nitrogens with zero attached hydrogens (tertiary/aromatic N) is 2. The Morgan fingerprint density at radius 1 is 1.37 bits per heavy atom. The molecule has 3 heterocycles. The molecule has 0 amide bonds. The average Bonchev–Trinajstić information content (AvgIpc) is 2.71. The molecule has 0 aliphatic carbocycles. The van der Waals surface area contributed by atoms with E-state index in [0.29, 0.717) is 23.7 Å². The first kappa shape index (κ1) is 27.2. The van der Waals surface area contributed by atoms with E-state index in [1.54, 1.807) is 6.92 Å². The highest BCUT2D eigenvalue weighted by Gasteiger charge is 2.42. The van der Waals surface area contributed by atoms with Gasteiger partial charge in [0.25, 0.3) is 6.47 Å². The van der Waals surface area contributed by atoms with Gasteiger partial charge in [0, 0.05) is 23.4 Å². The minimum Gasteiger partial charge on any atom is -0.485 e. The molecule has 1 atom stereocenters. The Labute approximate surface area is 195 Å². The number of carbonyl (C=O) groups is 1. The number of carbonyl (C=O) groups excluding carboxylic acids is 1. The summed E-state index contributed by atoms with van der Waals surface area (Å²) in [7, 11) is 2.19. The van der Waals surface area contributed by atoms with Crippen LogP contribution in [0.2, 0.25) is 0 Å². The lowest BCUT2D eigenvalue weighted by molar-refractivity contribution is -0.128. The first-order valence-electron chi connectivity index (χ1n) is 10.7. The fourth-order valence-electron chi connectivity index (χ4n) is 3.43. The van der Waals surface area contributed by atoms with Crippen molar-refractivity contribution in [3.63, 3.8) is 0 Å². The molecule has 5 nitrogen and oxygen atoms in total. The monoisotopic (exact) mass is 502 g/mol. The number of likely N-dealkylation sites (tertiary alicyclic amines) is 1. The van der Waals surface area contributed by atoms with Gasteiger partial charge in [-0.05, 0) is 73.8 Å². The zero-order valence-corrected chi connectivity index (χ0v) is 22.1. The summed E-state index contributed by atoms with van der Waals surface area (Å²) >= 11 is 5.35. The van der Waals surface area contributed by atoms with Crippen LogP contribution in [0.5, 0.6) is 5.75 Å². The minimum absolute atomic E-state index is 0.0513. The molecule has 0 saturated carbocycles. The Morgan fingerprint density at radius 3 is 2.40 bits per heavy atom. The molecule has 0 aromatic carbocycles. The van der Waals surface area contributed by atoms with Gasteiger partial charge in [-0.3, -0.25) is 4.79 Å². The number of aromatic nitrogens is 1. The second-order valence-corrected chi connectivity index (χ2v) is 11.3. The lowest BCUT2D eigenvalue weighted by atomic mass is 9.77. The largest absolute Gasteiger partial charge is 0.485 e. The zero-order chi connectivity index (χ0) is 22.8. The van der Waals surface area contributed by atoms with Gasteiger partial charge in [0.1, 0.15) is 16.0 Å². The standard InChI is InChI=1S/C15H21BrN2O.C5H12S.C3H6O2/c1-3-11-9-15(4-6-18(2)7-5-15)19-13-10-17-14(16)8-12(11)13;1-5(2,3)6-4;1-2-5-3-4/h8,10-11H,3-7,9H2,1-2H3;1-4H3;3H,2H2,1H3. The fourth-order valence-corrected chi connectivity index (χ4v) is 3.78. The molecule has 3 rings (SSSR count). The van der Waals surface area contributed by atoms with E-state index in [4.69, 9.17) is 4.74 Å². The van der Waals surface area contributed by atoms with Crippen molar-refractivity contribution in [1.82, 2.24) is 9.88 Å². The maximum atomic E-state index is 9.18. The molecule has 7 heteroatoms. The summed E-state index contributed by atoms with van der Waals surface area (Å²) in [6.45, 7) is 13.8. The third-order valence-corrected chi connectivity index (χ3v) is 7.15. The van der Waals surface area contributed by atoms with Gasteiger partial charge in [-0.2, -0.15) is 11.8 Å². The number of fused-ring (bicyclic) bond motifs is 1. The van der Waals surface area contributed by atoms with Crippen molar-refractivity contribution in [2.75, 3.05) is 33.0 Å². The number of hydrogen-bond acceptors (Lipinski definition) is 6.